The van der Waals surface area contributed by atoms with Crippen molar-refractivity contribution in [2.24, 2.45) is 5.41 Å². The van der Waals surface area contributed by atoms with Gasteiger partial charge in [-0.2, -0.15) is 0 Å². The number of aryl methyl sites for hydroxylation is 2. The van der Waals surface area contributed by atoms with E-state index in [1.165, 1.54) is 16.9 Å². The van der Waals surface area contributed by atoms with E-state index in [1.54, 1.807) is 0 Å². The SMILES string of the molecule is Cc1ccc(-c2nc(C)sc2CC(=O)NC2C(=O)NCC2(C)C)cc1. The molecule has 2 amide bonds. The summed E-state index contributed by atoms with van der Waals surface area (Å²) in [5, 5.41) is 6.63. The Morgan fingerprint density at radius 2 is 2.00 bits per heavy atom. The first-order valence-corrected chi connectivity index (χ1v) is 9.18. The molecule has 0 bridgehead atoms. The normalized spacial score (nSPS) is 18.9. The van der Waals surface area contributed by atoms with Crippen molar-refractivity contribution in [2.75, 3.05) is 6.54 Å². The number of carbonyl (C=O) groups is 2. The van der Waals surface area contributed by atoms with Crippen LogP contribution < -0.4 is 10.6 Å². The number of amides is 2. The van der Waals surface area contributed by atoms with Crippen LogP contribution in [0.25, 0.3) is 11.3 Å². The van der Waals surface area contributed by atoms with E-state index in [1.807, 2.05) is 52.0 Å². The summed E-state index contributed by atoms with van der Waals surface area (Å²) >= 11 is 1.53. The van der Waals surface area contributed by atoms with Gasteiger partial charge >= 0.3 is 0 Å². The second kappa shape index (κ2) is 6.59. The second-order valence-electron chi connectivity index (χ2n) is 7.25. The molecule has 2 aromatic rings. The van der Waals surface area contributed by atoms with Crippen molar-refractivity contribution >= 4 is 23.2 Å². The minimum atomic E-state index is -0.489. The van der Waals surface area contributed by atoms with Crippen LogP contribution in [0, 0.1) is 19.3 Å². The first-order chi connectivity index (χ1) is 11.8. The molecule has 1 aromatic heterocycles. The smallest absolute Gasteiger partial charge is 0.243 e. The van der Waals surface area contributed by atoms with Gasteiger partial charge in [-0.3, -0.25) is 9.59 Å². The predicted octanol–water partition coefficient (Wildman–Crippen LogP) is 2.61. The van der Waals surface area contributed by atoms with Gasteiger partial charge in [0.05, 0.1) is 17.1 Å². The third-order valence-electron chi connectivity index (χ3n) is 4.52. The Morgan fingerprint density at radius 1 is 1.32 bits per heavy atom. The molecule has 1 saturated heterocycles. The van der Waals surface area contributed by atoms with Gasteiger partial charge < -0.3 is 10.6 Å². The van der Waals surface area contributed by atoms with Gasteiger partial charge in [0.15, 0.2) is 0 Å². The zero-order valence-corrected chi connectivity index (χ0v) is 15.8. The first-order valence-electron chi connectivity index (χ1n) is 8.37. The number of thiazole rings is 1. The number of aromatic nitrogens is 1. The molecule has 0 radical (unpaired) electrons. The average molecular weight is 357 g/mol. The third-order valence-corrected chi connectivity index (χ3v) is 5.49. The van der Waals surface area contributed by atoms with Gasteiger partial charge in [0.2, 0.25) is 11.8 Å². The Balaban J connectivity index is 1.78. The Hall–Kier alpha value is -2.21. The summed E-state index contributed by atoms with van der Waals surface area (Å²) in [5.74, 6) is -0.260. The standard InChI is InChI=1S/C19H23N3O2S/c1-11-5-7-13(8-6-11)16-14(25-12(2)21-16)9-15(23)22-17-18(24)20-10-19(17,3)4/h5-8,17H,9-10H2,1-4H3,(H,20,24)(H,22,23). The molecule has 2 heterocycles. The van der Waals surface area contributed by atoms with Crippen molar-refractivity contribution in [2.45, 2.75) is 40.2 Å². The molecule has 25 heavy (non-hydrogen) atoms. The topological polar surface area (TPSA) is 71.1 Å². The lowest BCUT2D eigenvalue weighted by Crippen LogP contribution is -2.47. The highest BCUT2D eigenvalue weighted by molar-refractivity contribution is 7.12. The second-order valence-corrected chi connectivity index (χ2v) is 8.54. The van der Waals surface area contributed by atoms with Crippen molar-refractivity contribution in [1.82, 2.24) is 15.6 Å². The van der Waals surface area contributed by atoms with E-state index in [9.17, 15) is 9.59 Å². The quantitative estimate of drug-likeness (QED) is 0.884. The van der Waals surface area contributed by atoms with Crippen molar-refractivity contribution in [3.8, 4) is 11.3 Å². The molecule has 2 N–H and O–H groups in total. The summed E-state index contributed by atoms with van der Waals surface area (Å²) in [5.41, 5.74) is 2.77. The molecular formula is C19H23N3O2S. The number of benzene rings is 1. The number of carbonyl (C=O) groups excluding carboxylic acids is 2. The highest BCUT2D eigenvalue weighted by atomic mass is 32.1. The maximum absolute atomic E-state index is 12.5. The Labute approximate surface area is 151 Å². The average Bonchev–Trinajstić information content (AvgIpc) is 3.02. The fourth-order valence-electron chi connectivity index (χ4n) is 3.02. The van der Waals surface area contributed by atoms with Crippen LogP contribution in [-0.2, 0) is 16.0 Å². The Morgan fingerprint density at radius 3 is 2.60 bits per heavy atom. The highest BCUT2D eigenvalue weighted by Crippen LogP contribution is 2.29. The first kappa shape index (κ1) is 17.6. The van der Waals surface area contributed by atoms with Crippen LogP contribution in [-0.4, -0.2) is 29.4 Å². The fourth-order valence-corrected chi connectivity index (χ4v) is 3.98. The van der Waals surface area contributed by atoms with Crippen molar-refractivity contribution < 1.29 is 9.59 Å². The Bertz CT molecular complexity index is 809. The van der Waals surface area contributed by atoms with E-state index < -0.39 is 6.04 Å². The molecule has 1 unspecified atom stereocenters. The van der Waals surface area contributed by atoms with Crippen LogP contribution in [0.3, 0.4) is 0 Å². The van der Waals surface area contributed by atoms with Crippen LogP contribution in [0.5, 0.6) is 0 Å². The number of rotatable bonds is 4. The van der Waals surface area contributed by atoms with Gasteiger partial charge in [0.25, 0.3) is 0 Å². The summed E-state index contributed by atoms with van der Waals surface area (Å²) in [6.07, 6.45) is 0.231. The van der Waals surface area contributed by atoms with Gasteiger partial charge in [-0.15, -0.1) is 11.3 Å². The summed E-state index contributed by atoms with van der Waals surface area (Å²) < 4.78 is 0. The number of hydrogen-bond acceptors (Lipinski definition) is 4. The largest absolute Gasteiger partial charge is 0.354 e. The minimum absolute atomic E-state index is 0.113. The minimum Gasteiger partial charge on any atom is -0.354 e. The van der Waals surface area contributed by atoms with Crippen LogP contribution in [0.4, 0.5) is 0 Å². The number of nitrogens with zero attached hydrogens (tertiary/aromatic N) is 1. The van der Waals surface area contributed by atoms with E-state index in [4.69, 9.17) is 0 Å². The lowest BCUT2D eigenvalue weighted by atomic mass is 9.87. The zero-order valence-electron chi connectivity index (χ0n) is 15.0. The lowest BCUT2D eigenvalue weighted by Gasteiger charge is -2.24. The third kappa shape index (κ3) is 3.74. The molecule has 1 aromatic carbocycles. The van der Waals surface area contributed by atoms with Crippen LogP contribution in [0.2, 0.25) is 0 Å². The molecule has 0 saturated carbocycles. The van der Waals surface area contributed by atoms with Crippen LogP contribution in [0.15, 0.2) is 24.3 Å². The molecule has 1 atom stereocenters. The van der Waals surface area contributed by atoms with Gasteiger partial charge in [-0.05, 0) is 13.8 Å². The van der Waals surface area contributed by atoms with Crippen molar-refractivity contribution in [3.63, 3.8) is 0 Å². The van der Waals surface area contributed by atoms with Gasteiger partial charge in [-0.1, -0.05) is 43.7 Å². The highest BCUT2D eigenvalue weighted by Gasteiger charge is 2.42. The molecule has 3 rings (SSSR count). The maximum Gasteiger partial charge on any atom is 0.243 e. The lowest BCUT2D eigenvalue weighted by molar-refractivity contribution is -0.128. The molecule has 1 fully saturated rings. The molecule has 0 spiro atoms. The summed E-state index contributed by atoms with van der Waals surface area (Å²) in [7, 11) is 0. The zero-order chi connectivity index (χ0) is 18.2. The van der Waals surface area contributed by atoms with E-state index in [2.05, 4.69) is 15.6 Å². The summed E-state index contributed by atoms with van der Waals surface area (Å²) in [6, 6.07) is 7.65. The van der Waals surface area contributed by atoms with E-state index >= 15 is 0 Å². The summed E-state index contributed by atoms with van der Waals surface area (Å²) in [6.45, 7) is 8.51. The molecule has 1 aliphatic rings. The Kier molecular flexibility index (Phi) is 4.64. The predicted molar refractivity (Wildman–Crippen MR) is 99.4 cm³/mol. The van der Waals surface area contributed by atoms with E-state index in [0.29, 0.717) is 6.54 Å². The van der Waals surface area contributed by atoms with Gasteiger partial charge in [0.1, 0.15) is 6.04 Å². The van der Waals surface area contributed by atoms with E-state index in [-0.39, 0.29) is 23.7 Å². The van der Waals surface area contributed by atoms with E-state index in [0.717, 1.165) is 21.1 Å². The van der Waals surface area contributed by atoms with Crippen LogP contribution >= 0.6 is 11.3 Å². The molecular weight excluding hydrogens is 334 g/mol. The monoisotopic (exact) mass is 357 g/mol. The molecule has 5 nitrogen and oxygen atoms in total. The molecule has 1 aliphatic heterocycles. The summed E-state index contributed by atoms with van der Waals surface area (Å²) in [4.78, 5) is 30.0. The molecule has 132 valence electrons. The molecule has 0 aliphatic carbocycles. The van der Waals surface area contributed by atoms with Crippen molar-refractivity contribution in [3.05, 3.63) is 39.7 Å². The number of nitrogens with one attached hydrogen (secondary N) is 2. The fraction of sp³-hybridized carbons (Fsp3) is 0.421. The maximum atomic E-state index is 12.5. The van der Waals surface area contributed by atoms with Gasteiger partial charge in [-0.25, -0.2) is 4.98 Å². The molecule has 6 heteroatoms. The van der Waals surface area contributed by atoms with Crippen molar-refractivity contribution in [1.29, 1.82) is 0 Å². The number of hydrogen-bond donors (Lipinski definition) is 2. The van der Waals surface area contributed by atoms with Crippen LogP contribution in [0.1, 0.15) is 29.3 Å². The van der Waals surface area contributed by atoms with Gasteiger partial charge in [0, 0.05) is 22.4 Å².